The number of ether oxygens (including phenoxy) is 3. The molecule has 0 aromatic heterocycles. The van der Waals surface area contributed by atoms with Crippen molar-refractivity contribution in [1.29, 1.82) is 0 Å². The van der Waals surface area contributed by atoms with E-state index in [0.717, 1.165) is 0 Å². The van der Waals surface area contributed by atoms with Crippen LogP contribution in [0.1, 0.15) is 19.8 Å². The molecule has 17 heavy (non-hydrogen) atoms. The fraction of sp³-hybridized carbons (Fsp3) is 0.417. The van der Waals surface area contributed by atoms with Crippen molar-refractivity contribution in [2.75, 3.05) is 6.79 Å². The van der Waals surface area contributed by atoms with Crippen LogP contribution < -0.4 is 14.2 Å². The van der Waals surface area contributed by atoms with Crippen LogP contribution in [0, 0.1) is 0 Å². The number of carboxylic acid groups (broad SMARTS) is 1. The van der Waals surface area contributed by atoms with Crippen molar-refractivity contribution < 1.29 is 24.1 Å². The Hall–Kier alpha value is -1.91. The Morgan fingerprint density at radius 1 is 1.47 bits per heavy atom. The standard InChI is InChI=1S/C12H14O5/c1-8(2-5-12(13)14)17-9-3-4-10-11(6-9)16-7-15-10/h3-4,6,8H,2,5,7H2,1H3,(H,13,14). The minimum Gasteiger partial charge on any atom is -0.491 e. The molecule has 0 fully saturated rings. The molecule has 1 atom stereocenters. The Balaban J connectivity index is 1.92. The molecule has 0 saturated carbocycles. The van der Waals surface area contributed by atoms with Gasteiger partial charge in [0.2, 0.25) is 6.79 Å². The van der Waals surface area contributed by atoms with E-state index in [0.29, 0.717) is 23.7 Å². The molecule has 1 aliphatic rings. The first kappa shape index (κ1) is 11.6. The molecular weight excluding hydrogens is 224 g/mol. The molecular formula is C12H14O5. The molecule has 0 amide bonds. The van der Waals surface area contributed by atoms with E-state index in [4.69, 9.17) is 19.3 Å². The fourth-order valence-corrected chi connectivity index (χ4v) is 1.57. The van der Waals surface area contributed by atoms with E-state index in [1.165, 1.54) is 0 Å². The van der Waals surface area contributed by atoms with Gasteiger partial charge in [-0.25, -0.2) is 0 Å². The first-order chi connectivity index (χ1) is 8.15. The first-order valence-electron chi connectivity index (χ1n) is 5.43. The Morgan fingerprint density at radius 2 is 2.24 bits per heavy atom. The molecule has 0 saturated heterocycles. The van der Waals surface area contributed by atoms with E-state index in [9.17, 15) is 4.79 Å². The predicted molar refractivity (Wildman–Crippen MR) is 59.5 cm³/mol. The van der Waals surface area contributed by atoms with Crippen LogP contribution in [0.2, 0.25) is 0 Å². The molecule has 1 heterocycles. The summed E-state index contributed by atoms with van der Waals surface area (Å²) in [4.78, 5) is 10.4. The molecule has 0 bridgehead atoms. The van der Waals surface area contributed by atoms with E-state index in [1.54, 1.807) is 18.2 Å². The lowest BCUT2D eigenvalue weighted by Gasteiger charge is -2.13. The zero-order valence-corrected chi connectivity index (χ0v) is 9.51. The smallest absolute Gasteiger partial charge is 0.303 e. The third-order valence-electron chi connectivity index (χ3n) is 2.45. The van der Waals surface area contributed by atoms with Crippen molar-refractivity contribution in [3.05, 3.63) is 18.2 Å². The highest BCUT2D eigenvalue weighted by molar-refractivity contribution is 5.66. The molecule has 5 nitrogen and oxygen atoms in total. The molecule has 1 aromatic rings. The average Bonchev–Trinajstić information content (AvgIpc) is 2.73. The molecule has 1 N–H and O–H groups in total. The summed E-state index contributed by atoms with van der Waals surface area (Å²) in [5, 5.41) is 8.56. The van der Waals surface area contributed by atoms with Gasteiger partial charge in [-0.2, -0.15) is 0 Å². The number of hydrogen-bond acceptors (Lipinski definition) is 4. The van der Waals surface area contributed by atoms with Crippen LogP contribution in [-0.2, 0) is 4.79 Å². The van der Waals surface area contributed by atoms with Gasteiger partial charge in [0, 0.05) is 12.5 Å². The SMILES string of the molecule is CC(CCC(=O)O)Oc1ccc2c(c1)OCO2. The minimum atomic E-state index is -0.814. The van der Waals surface area contributed by atoms with Crippen LogP contribution in [0.4, 0.5) is 0 Å². The summed E-state index contributed by atoms with van der Waals surface area (Å²) >= 11 is 0. The lowest BCUT2D eigenvalue weighted by Crippen LogP contribution is -2.13. The van der Waals surface area contributed by atoms with E-state index in [-0.39, 0.29) is 19.3 Å². The van der Waals surface area contributed by atoms with Gasteiger partial charge in [0.1, 0.15) is 5.75 Å². The van der Waals surface area contributed by atoms with Crippen LogP contribution in [-0.4, -0.2) is 24.0 Å². The summed E-state index contributed by atoms with van der Waals surface area (Å²) in [7, 11) is 0. The minimum absolute atomic E-state index is 0.103. The third-order valence-corrected chi connectivity index (χ3v) is 2.45. The Bertz CT molecular complexity index is 415. The summed E-state index contributed by atoms with van der Waals surface area (Å²) in [5.41, 5.74) is 0. The number of carboxylic acids is 1. The van der Waals surface area contributed by atoms with Gasteiger partial charge in [0.25, 0.3) is 0 Å². The zero-order chi connectivity index (χ0) is 12.3. The zero-order valence-electron chi connectivity index (χ0n) is 9.51. The number of hydrogen-bond donors (Lipinski definition) is 1. The summed E-state index contributed by atoms with van der Waals surface area (Å²) in [6.07, 6.45) is 0.432. The highest BCUT2D eigenvalue weighted by Gasteiger charge is 2.15. The van der Waals surface area contributed by atoms with Gasteiger partial charge in [0.05, 0.1) is 6.10 Å². The van der Waals surface area contributed by atoms with E-state index >= 15 is 0 Å². The van der Waals surface area contributed by atoms with Crippen LogP contribution in [0.25, 0.3) is 0 Å². The summed E-state index contributed by atoms with van der Waals surface area (Å²) in [5.74, 6) is 1.21. The Labute approximate surface area is 98.9 Å². The van der Waals surface area contributed by atoms with E-state index < -0.39 is 5.97 Å². The number of fused-ring (bicyclic) bond motifs is 1. The molecule has 0 aliphatic carbocycles. The fourth-order valence-electron chi connectivity index (χ4n) is 1.57. The third kappa shape index (κ3) is 3.03. The molecule has 92 valence electrons. The van der Waals surface area contributed by atoms with Crippen molar-refractivity contribution in [3.63, 3.8) is 0 Å². The molecule has 0 radical (unpaired) electrons. The molecule has 1 unspecified atom stereocenters. The van der Waals surface area contributed by atoms with Gasteiger partial charge in [-0.1, -0.05) is 0 Å². The first-order valence-corrected chi connectivity index (χ1v) is 5.43. The summed E-state index contributed by atoms with van der Waals surface area (Å²) in [6, 6.07) is 5.31. The predicted octanol–water partition coefficient (Wildman–Crippen LogP) is 2.05. The van der Waals surface area contributed by atoms with Crippen molar-refractivity contribution in [2.24, 2.45) is 0 Å². The molecule has 5 heteroatoms. The second-order valence-corrected chi connectivity index (χ2v) is 3.88. The van der Waals surface area contributed by atoms with Crippen LogP contribution >= 0.6 is 0 Å². The second kappa shape index (κ2) is 4.95. The quantitative estimate of drug-likeness (QED) is 0.850. The Kier molecular flexibility index (Phi) is 3.37. The van der Waals surface area contributed by atoms with Gasteiger partial charge in [-0.15, -0.1) is 0 Å². The monoisotopic (exact) mass is 238 g/mol. The summed E-state index contributed by atoms with van der Waals surface area (Å²) < 4.78 is 16.0. The molecule has 2 rings (SSSR count). The van der Waals surface area contributed by atoms with E-state index in [2.05, 4.69) is 0 Å². The topological polar surface area (TPSA) is 65.0 Å². The largest absolute Gasteiger partial charge is 0.491 e. The van der Waals surface area contributed by atoms with Crippen molar-refractivity contribution in [3.8, 4) is 17.2 Å². The molecule has 1 aromatic carbocycles. The van der Waals surface area contributed by atoms with Crippen LogP contribution in [0.3, 0.4) is 0 Å². The van der Waals surface area contributed by atoms with Gasteiger partial charge >= 0.3 is 5.97 Å². The Morgan fingerprint density at radius 3 is 3.00 bits per heavy atom. The second-order valence-electron chi connectivity index (χ2n) is 3.88. The van der Waals surface area contributed by atoms with Gasteiger partial charge in [-0.3, -0.25) is 4.79 Å². The number of rotatable bonds is 5. The van der Waals surface area contributed by atoms with Crippen molar-refractivity contribution >= 4 is 5.97 Å². The van der Waals surface area contributed by atoms with Crippen molar-refractivity contribution in [1.82, 2.24) is 0 Å². The van der Waals surface area contributed by atoms with E-state index in [1.807, 2.05) is 6.92 Å². The maximum absolute atomic E-state index is 10.4. The molecule has 1 aliphatic heterocycles. The number of carbonyl (C=O) groups is 1. The van der Waals surface area contributed by atoms with Gasteiger partial charge < -0.3 is 19.3 Å². The average molecular weight is 238 g/mol. The maximum Gasteiger partial charge on any atom is 0.303 e. The normalized spacial score (nSPS) is 14.4. The molecule has 0 spiro atoms. The number of benzene rings is 1. The lowest BCUT2D eigenvalue weighted by molar-refractivity contribution is -0.137. The van der Waals surface area contributed by atoms with Crippen LogP contribution in [0.15, 0.2) is 18.2 Å². The highest BCUT2D eigenvalue weighted by atomic mass is 16.7. The van der Waals surface area contributed by atoms with Crippen LogP contribution in [0.5, 0.6) is 17.2 Å². The summed E-state index contributed by atoms with van der Waals surface area (Å²) in [6.45, 7) is 2.07. The van der Waals surface area contributed by atoms with Gasteiger partial charge in [0.15, 0.2) is 11.5 Å². The van der Waals surface area contributed by atoms with Crippen molar-refractivity contribution in [2.45, 2.75) is 25.9 Å². The lowest BCUT2D eigenvalue weighted by atomic mass is 10.2. The van der Waals surface area contributed by atoms with Gasteiger partial charge in [-0.05, 0) is 25.5 Å². The maximum atomic E-state index is 10.4. The number of aliphatic carboxylic acids is 1. The highest BCUT2D eigenvalue weighted by Crippen LogP contribution is 2.35.